The Morgan fingerprint density at radius 1 is 1.36 bits per heavy atom. The fourth-order valence-corrected chi connectivity index (χ4v) is 3.45. The summed E-state index contributed by atoms with van der Waals surface area (Å²) in [6.45, 7) is 0.546. The summed E-state index contributed by atoms with van der Waals surface area (Å²) in [5.41, 5.74) is 2.41. The summed E-state index contributed by atoms with van der Waals surface area (Å²) < 4.78 is 21.1. The summed E-state index contributed by atoms with van der Waals surface area (Å²) in [5, 5.41) is 18.6. The zero-order chi connectivity index (χ0) is 19.5. The average Bonchev–Trinajstić information content (AvgIpc) is 3.33. The molecule has 0 bridgehead atoms. The molecule has 144 valence electrons. The van der Waals surface area contributed by atoms with Crippen LogP contribution in [0.4, 0.5) is 4.39 Å². The molecule has 1 N–H and O–H groups in total. The van der Waals surface area contributed by atoms with E-state index < -0.39 is 6.17 Å². The lowest BCUT2D eigenvalue weighted by Gasteiger charge is -2.07. The molecule has 8 heteroatoms. The van der Waals surface area contributed by atoms with Crippen molar-refractivity contribution in [2.24, 2.45) is 5.92 Å². The number of aromatic hydroxyl groups is 1. The number of hydrogen-bond acceptors (Lipinski definition) is 6. The van der Waals surface area contributed by atoms with E-state index in [1.54, 1.807) is 48.6 Å². The van der Waals surface area contributed by atoms with E-state index in [0.717, 1.165) is 5.69 Å². The summed E-state index contributed by atoms with van der Waals surface area (Å²) in [4.78, 5) is 8.25. The van der Waals surface area contributed by atoms with Gasteiger partial charge in [0.2, 0.25) is 0 Å². The molecule has 2 atom stereocenters. The number of ether oxygens (including phenoxy) is 1. The molecule has 1 aliphatic rings. The van der Waals surface area contributed by atoms with Crippen molar-refractivity contribution in [3.63, 3.8) is 0 Å². The second-order valence-corrected chi connectivity index (χ2v) is 6.82. The first-order valence-corrected chi connectivity index (χ1v) is 8.99. The van der Waals surface area contributed by atoms with Gasteiger partial charge in [-0.15, -0.1) is 10.2 Å². The Morgan fingerprint density at radius 3 is 2.93 bits per heavy atom. The molecular formula is C20H20FN5O2. The fraction of sp³-hybridized carbons (Fsp3) is 0.300. The van der Waals surface area contributed by atoms with E-state index in [-0.39, 0.29) is 11.7 Å². The zero-order valence-corrected chi connectivity index (χ0v) is 15.4. The van der Waals surface area contributed by atoms with Gasteiger partial charge >= 0.3 is 0 Å². The number of halogens is 1. The molecule has 0 radical (unpaired) electrons. The van der Waals surface area contributed by atoms with Gasteiger partial charge in [0.15, 0.2) is 5.82 Å². The molecule has 2 heterocycles. The van der Waals surface area contributed by atoms with Gasteiger partial charge in [-0.2, -0.15) is 0 Å². The molecular weight excluding hydrogens is 361 g/mol. The van der Waals surface area contributed by atoms with E-state index in [9.17, 15) is 9.50 Å². The van der Waals surface area contributed by atoms with Gasteiger partial charge in [-0.3, -0.25) is 0 Å². The minimum Gasteiger partial charge on any atom is -0.507 e. The van der Waals surface area contributed by atoms with E-state index in [1.807, 2.05) is 6.07 Å². The van der Waals surface area contributed by atoms with Crippen molar-refractivity contribution in [2.75, 3.05) is 13.7 Å². The van der Waals surface area contributed by atoms with Crippen LogP contribution >= 0.6 is 0 Å². The minimum absolute atomic E-state index is 0.0652. The van der Waals surface area contributed by atoms with Crippen LogP contribution < -0.4 is 0 Å². The third-order valence-corrected chi connectivity index (χ3v) is 4.82. The van der Waals surface area contributed by atoms with Gasteiger partial charge in [0.1, 0.15) is 17.6 Å². The van der Waals surface area contributed by atoms with Gasteiger partial charge in [0, 0.05) is 37.7 Å². The van der Waals surface area contributed by atoms with E-state index >= 15 is 0 Å². The third kappa shape index (κ3) is 3.77. The minimum atomic E-state index is -0.997. The first-order chi connectivity index (χ1) is 13.6. The third-order valence-electron chi connectivity index (χ3n) is 4.82. The molecule has 1 aromatic carbocycles. The van der Waals surface area contributed by atoms with Gasteiger partial charge in [-0.25, -0.2) is 14.4 Å². The smallest absolute Gasteiger partial charge is 0.174 e. The highest BCUT2D eigenvalue weighted by Crippen LogP contribution is 2.34. The molecule has 0 spiro atoms. The number of alkyl halides is 1. The normalized spacial score (nSPS) is 20.7. The Labute approximate surface area is 161 Å². The Hall–Kier alpha value is -3.13. The number of hydrogen-bond donors (Lipinski definition) is 1. The molecule has 1 aliphatic carbocycles. The summed E-state index contributed by atoms with van der Waals surface area (Å²) >= 11 is 0. The monoisotopic (exact) mass is 381 g/mol. The van der Waals surface area contributed by atoms with Gasteiger partial charge in [-0.1, -0.05) is 0 Å². The molecule has 7 nitrogen and oxygen atoms in total. The number of phenolic OH excluding ortho intramolecular Hbond substituents is 1. The van der Waals surface area contributed by atoms with E-state index in [1.165, 1.54) is 6.20 Å². The lowest BCUT2D eigenvalue weighted by Crippen LogP contribution is -2.03. The lowest BCUT2D eigenvalue weighted by molar-refractivity contribution is 0.151. The summed E-state index contributed by atoms with van der Waals surface area (Å²) in [6, 6.07) is 5.21. The highest BCUT2D eigenvalue weighted by atomic mass is 19.1. The van der Waals surface area contributed by atoms with Crippen LogP contribution in [0.3, 0.4) is 0 Å². The molecule has 28 heavy (non-hydrogen) atoms. The van der Waals surface area contributed by atoms with Gasteiger partial charge < -0.3 is 14.4 Å². The number of imidazole rings is 1. The van der Waals surface area contributed by atoms with Gasteiger partial charge in [0.25, 0.3) is 0 Å². The fourth-order valence-electron chi connectivity index (χ4n) is 3.45. The lowest BCUT2D eigenvalue weighted by atomic mass is 10.1. The number of phenols is 1. The quantitative estimate of drug-likeness (QED) is 0.730. The standard InChI is InChI=1S/C20H20FN5O2/c1-28-11-13-6-14(17(21)7-13)8-20-23-10-18(24-25-20)16-3-2-15(9-19(16)27)26-5-4-22-12-26/h2-5,8-10,12-13,17,27H,6-7,11H2,1H3/b14-8+/t13-,17+/m0/s1. The first kappa shape index (κ1) is 18.2. The molecule has 1 saturated carbocycles. The Balaban J connectivity index is 1.53. The van der Waals surface area contributed by atoms with Crippen molar-refractivity contribution in [3.05, 3.63) is 54.5 Å². The number of methoxy groups -OCH3 is 1. The van der Waals surface area contributed by atoms with Crippen molar-refractivity contribution in [3.8, 4) is 22.7 Å². The van der Waals surface area contributed by atoms with Crippen LogP contribution in [0.5, 0.6) is 5.75 Å². The Kier molecular flexibility index (Phi) is 5.12. The topological polar surface area (TPSA) is 86.0 Å². The van der Waals surface area contributed by atoms with Crippen LogP contribution in [-0.4, -0.2) is 49.7 Å². The molecule has 0 unspecified atom stereocenters. The van der Waals surface area contributed by atoms with Crippen LogP contribution in [-0.2, 0) is 4.74 Å². The van der Waals surface area contributed by atoms with Crippen LogP contribution in [0, 0.1) is 5.92 Å². The molecule has 1 fully saturated rings. The van der Waals surface area contributed by atoms with Crippen molar-refractivity contribution < 1.29 is 14.2 Å². The molecule has 0 aliphatic heterocycles. The number of allylic oxidation sites excluding steroid dienone is 1. The second-order valence-electron chi connectivity index (χ2n) is 6.82. The largest absolute Gasteiger partial charge is 0.507 e. The molecule has 0 amide bonds. The van der Waals surface area contributed by atoms with Crippen molar-refractivity contribution in [2.45, 2.75) is 19.0 Å². The predicted molar refractivity (Wildman–Crippen MR) is 102 cm³/mol. The summed E-state index contributed by atoms with van der Waals surface area (Å²) in [7, 11) is 1.62. The van der Waals surface area contributed by atoms with Crippen LogP contribution in [0.2, 0.25) is 0 Å². The number of benzene rings is 1. The number of nitrogens with zero attached hydrogens (tertiary/aromatic N) is 5. The van der Waals surface area contributed by atoms with Crippen molar-refractivity contribution in [1.29, 1.82) is 0 Å². The maximum absolute atomic E-state index is 14.2. The van der Waals surface area contributed by atoms with E-state index in [0.29, 0.717) is 42.1 Å². The highest BCUT2D eigenvalue weighted by molar-refractivity contribution is 5.68. The number of rotatable bonds is 5. The Bertz CT molecular complexity index is 973. The summed E-state index contributed by atoms with van der Waals surface area (Å²) in [6.07, 6.45) is 8.38. The predicted octanol–water partition coefficient (Wildman–Crippen LogP) is 3.21. The Morgan fingerprint density at radius 2 is 2.25 bits per heavy atom. The SMILES string of the molecule is COC[C@H]1C/C(=C\c2ncc(-c3ccc(-n4ccnc4)cc3O)nn2)[C@H](F)C1. The molecule has 0 saturated heterocycles. The first-order valence-electron chi connectivity index (χ1n) is 8.99. The van der Waals surface area contributed by atoms with Crippen molar-refractivity contribution >= 4 is 6.08 Å². The zero-order valence-electron chi connectivity index (χ0n) is 15.4. The second kappa shape index (κ2) is 7.85. The van der Waals surface area contributed by atoms with E-state index in [4.69, 9.17) is 4.74 Å². The number of aromatic nitrogens is 5. The van der Waals surface area contributed by atoms with Gasteiger partial charge in [-0.05, 0) is 42.5 Å². The molecule has 2 aromatic heterocycles. The van der Waals surface area contributed by atoms with Gasteiger partial charge in [0.05, 0.1) is 18.2 Å². The van der Waals surface area contributed by atoms with Crippen molar-refractivity contribution in [1.82, 2.24) is 24.7 Å². The molecule has 3 aromatic rings. The maximum Gasteiger partial charge on any atom is 0.174 e. The average molecular weight is 381 g/mol. The van der Waals surface area contributed by atoms with Crippen LogP contribution in [0.1, 0.15) is 18.7 Å². The molecule has 4 rings (SSSR count). The highest BCUT2D eigenvalue weighted by Gasteiger charge is 2.29. The summed E-state index contributed by atoms with van der Waals surface area (Å²) in [5.74, 6) is 0.605. The van der Waals surface area contributed by atoms with Crippen LogP contribution in [0.15, 0.2) is 48.7 Å². The maximum atomic E-state index is 14.2. The van der Waals surface area contributed by atoms with E-state index in [2.05, 4.69) is 20.2 Å². The van der Waals surface area contributed by atoms with Crippen LogP contribution in [0.25, 0.3) is 23.0 Å².